The molecular formula is C15H18. The van der Waals surface area contributed by atoms with E-state index in [1.54, 1.807) is 12.2 Å². The molecule has 0 heterocycles. The van der Waals surface area contributed by atoms with Crippen molar-refractivity contribution in [3.63, 3.8) is 0 Å². The van der Waals surface area contributed by atoms with Gasteiger partial charge < -0.3 is 0 Å². The summed E-state index contributed by atoms with van der Waals surface area (Å²) in [4.78, 5) is 0. The van der Waals surface area contributed by atoms with Crippen LogP contribution in [-0.2, 0) is 0 Å². The second-order valence-electron chi connectivity index (χ2n) is 2.88. The Hall–Kier alpha value is -1.74. The predicted molar refractivity (Wildman–Crippen MR) is 69.4 cm³/mol. The summed E-state index contributed by atoms with van der Waals surface area (Å²) < 4.78 is 0. The molecule has 0 spiro atoms. The van der Waals surface area contributed by atoms with Gasteiger partial charge >= 0.3 is 0 Å². The second-order valence-corrected chi connectivity index (χ2v) is 2.88. The highest BCUT2D eigenvalue weighted by Gasteiger charge is 1.72. The minimum Gasteiger partial charge on any atom is -0.115 e. The van der Waals surface area contributed by atoms with E-state index in [4.69, 9.17) is 6.42 Å². The van der Waals surface area contributed by atoms with Crippen LogP contribution in [0.2, 0.25) is 0 Å². The zero-order valence-corrected chi connectivity index (χ0v) is 9.10. The molecule has 0 fully saturated rings. The Bertz CT molecular complexity index is 292. The van der Waals surface area contributed by atoms with Gasteiger partial charge in [-0.3, -0.25) is 0 Å². The fourth-order valence-corrected chi connectivity index (χ4v) is 0.931. The van der Waals surface area contributed by atoms with Gasteiger partial charge in [0.2, 0.25) is 0 Å². The summed E-state index contributed by atoms with van der Waals surface area (Å²) in [6.07, 6.45) is 25.9. The van der Waals surface area contributed by atoms with Gasteiger partial charge in [0.05, 0.1) is 0 Å². The standard InChI is InChI=1S/C15H18/c1-3-5-7-9-11-13-15-14-12-10-8-6-4-2/h1,4-8,11-14H,2,9-10,15H2/b7-5+,8-6+,13-11-,14-12-. The fourth-order valence-electron chi connectivity index (χ4n) is 0.931. The minimum atomic E-state index is 0.911. The lowest BCUT2D eigenvalue weighted by Crippen LogP contribution is -1.62. The summed E-state index contributed by atoms with van der Waals surface area (Å²) >= 11 is 0. The van der Waals surface area contributed by atoms with Crippen LogP contribution >= 0.6 is 0 Å². The molecule has 0 aromatic heterocycles. The van der Waals surface area contributed by atoms with E-state index < -0.39 is 0 Å². The van der Waals surface area contributed by atoms with E-state index in [0.29, 0.717) is 0 Å². The van der Waals surface area contributed by atoms with Crippen molar-refractivity contribution in [2.75, 3.05) is 0 Å². The zero-order valence-electron chi connectivity index (χ0n) is 9.10. The van der Waals surface area contributed by atoms with Gasteiger partial charge in [-0.25, -0.2) is 0 Å². The van der Waals surface area contributed by atoms with Crippen molar-refractivity contribution < 1.29 is 0 Å². The molecule has 15 heavy (non-hydrogen) atoms. The van der Waals surface area contributed by atoms with Crippen LogP contribution in [0, 0.1) is 12.3 Å². The largest absolute Gasteiger partial charge is 0.115 e. The van der Waals surface area contributed by atoms with Crippen molar-refractivity contribution in [2.45, 2.75) is 19.3 Å². The summed E-state index contributed by atoms with van der Waals surface area (Å²) in [5.74, 6) is 2.45. The quantitative estimate of drug-likeness (QED) is 0.327. The minimum absolute atomic E-state index is 0.911. The first-order valence-corrected chi connectivity index (χ1v) is 5.10. The second kappa shape index (κ2) is 12.3. The molecule has 0 saturated heterocycles. The Morgan fingerprint density at radius 1 is 0.867 bits per heavy atom. The van der Waals surface area contributed by atoms with Crippen LogP contribution in [0.15, 0.2) is 61.3 Å². The zero-order chi connectivity index (χ0) is 11.2. The number of terminal acetylenes is 1. The number of allylic oxidation sites excluding steroid dienone is 9. The summed E-state index contributed by atoms with van der Waals surface area (Å²) in [7, 11) is 0. The van der Waals surface area contributed by atoms with Gasteiger partial charge in [-0.1, -0.05) is 61.1 Å². The van der Waals surface area contributed by atoms with Crippen LogP contribution in [0.4, 0.5) is 0 Å². The van der Waals surface area contributed by atoms with E-state index in [0.717, 1.165) is 19.3 Å². The highest BCUT2D eigenvalue weighted by Crippen LogP contribution is 1.93. The Labute approximate surface area is 93.4 Å². The fraction of sp³-hybridized carbons (Fsp3) is 0.200. The van der Waals surface area contributed by atoms with Crippen LogP contribution in [-0.4, -0.2) is 0 Å². The van der Waals surface area contributed by atoms with Crippen LogP contribution in [0.25, 0.3) is 0 Å². The molecule has 0 heteroatoms. The van der Waals surface area contributed by atoms with Crippen LogP contribution in [0.5, 0.6) is 0 Å². The summed E-state index contributed by atoms with van der Waals surface area (Å²) in [5.41, 5.74) is 0. The van der Waals surface area contributed by atoms with Gasteiger partial charge in [0.1, 0.15) is 0 Å². The third-order valence-electron chi connectivity index (χ3n) is 1.64. The van der Waals surface area contributed by atoms with Crippen molar-refractivity contribution in [3.05, 3.63) is 61.3 Å². The molecule has 0 atom stereocenters. The Morgan fingerprint density at radius 2 is 1.40 bits per heavy atom. The van der Waals surface area contributed by atoms with Crippen LogP contribution in [0.1, 0.15) is 19.3 Å². The van der Waals surface area contributed by atoms with Gasteiger partial charge in [0, 0.05) is 0 Å². The molecule has 0 amide bonds. The summed E-state index contributed by atoms with van der Waals surface area (Å²) in [5, 5.41) is 0. The molecule has 0 aromatic carbocycles. The van der Waals surface area contributed by atoms with Gasteiger partial charge in [0.15, 0.2) is 0 Å². The van der Waals surface area contributed by atoms with Crippen LogP contribution < -0.4 is 0 Å². The van der Waals surface area contributed by atoms with Crippen molar-refractivity contribution in [3.8, 4) is 12.3 Å². The first kappa shape index (κ1) is 13.3. The van der Waals surface area contributed by atoms with E-state index in [-0.39, 0.29) is 0 Å². The molecule has 0 aliphatic carbocycles. The van der Waals surface area contributed by atoms with Crippen LogP contribution in [0.3, 0.4) is 0 Å². The van der Waals surface area contributed by atoms with Crippen molar-refractivity contribution in [1.82, 2.24) is 0 Å². The average molecular weight is 198 g/mol. The van der Waals surface area contributed by atoms with E-state index in [1.807, 2.05) is 12.2 Å². The average Bonchev–Trinajstić information content (AvgIpc) is 2.26. The smallest absolute Gasteiger partial charge is 0.0158 e. The normalized spacial score (nSPS) is 11.9. The van der Waals surface area contributed by atoms with E-state index in [1.165, 1.54) is 0 Å². The number of rotatable bonds is 7. The molecule has 0 N–H and O–H groups in total. The topological polar surface area (TPSA) is 0 Å². The Morgan fingerprint density at radius 3 is 1.93 bits per heavy atom. The van der Waals surface area contributed by atoms with Gasteiger partial charge in [-0.05, 0) is 25.3 Å². The highest BCUT2D eigenvalue weighted by molar-refractivity contribution is 5.10. The molecule has 0 aliphatic heterocycles. The SMILES string of the molecule is C#C/C=C/C/C=C\C/C=C\C/C=C/C=C. The lowest BCUT2D eigenvalue weighted by molar-refractivity contribution is 1.28. The lowest BCUT2D eigenvalue weighted by Gasteiger charge is -1.83. The summed E-state index contributed by atoms with van der Waals surface area (Å²) in [6, 6.07) is 0. The molecule has 0 saturated carbocycles. The Balaban J connectivity index is 3.44. The third kappa shape index (κ3) is 12.3. The first-order valence-electron chi connectivity index (χ1n) is 5.10. The van der Waals surface area contributed by atoms with E-state index in [9.17, 15) is 0 Å². The number of hydrogen-bond donors (Lipinski definition) is 0. The molecular weight excluding hydrogens is 180 g/mol. The maximum absolute atomic E-state index is 5.06. The monoisotopic (exact) mass is 198 g/mol. The lowest BCUT2D eigenvalue weighted by atomic mass is 10.2. The predicted octanol–water partition coefficient (Wildman–Crippen LogP) is 4.20. The molecule has 0 nitrogen and oxygen atoms in total. The van der Waals surface area contributed by atoms with Crippen molar-refractivity contribution in [2.24, 2.45) is 0 Å². The molecule has 0 aliphatic rings. The van der Waals surface area contributed by atoms with E-state index >= 15 is 0 Å². The molecule has 0 aromatic rings. The molecule has 0 radical (unpaired) electrons. The van der Waals surface area contributed by atoms with Gasteiger partial charge in [-0.2, -0.15) is 0 Å². The molecule has 0 unspecified atom stereocenters. The maximum atomic E-state index is 5.06. The van der Waals surface area contributed by atoms with Crippen molar-refractivity contribution in [1.29, 1.82) is 0 Å². The van der Waals surface area contributed by atoms with Crippen molar-refractivity contribution >= 4 is 0 Å². The first-order chi connectivity index (χ1) is 7.41. The molecule has 78 valence electrons. The van der Waals surface area contributed by atoms with Gasteiger partial charge in [-0.15, -0.1) is 6.42 Å². The number of hydrogen-bond acceptors (Lipinski definition) is 0. The molecule has 0 rings (SSSR count). The Kier molecular flexibility index (Phi) is 10.8. The maximum Gasteiger partial charge on any atom is -0.0158 e. The highest BCUT2D eigenvalue weighted by atomic mass is 13.8. The van der Waals surface area contributed by atoms with Gasteiger partial charge in [0.25, 0.3) is 0 Å². The molecule has 0 bridgehead atoms. The van der Waals surface area contributed by atoms with E-state index in [2.05, 4.69) is 42.9 Å². The third-order valence-corrected chi connectivity index (χ3v) is 1.64. The summed E-state index contributed by atoms with van der Waals surface area (Å²) in [6.45, 7) is 3.60.